The fourth-order valence-electron chi connectivity index (χ4n) is 2.26. The van der Waals surface area contributed by atoms with Gasteiger partial charge in [0, 0.05) is 38.8 Å². The normalized spacial score (nSPS) is 12.2. The lowest BCUT2D eigenvalue weighted by atomic mass is 10.4. The van der Waals surface area contributed by atoms with Crippen molar-refractivity contribution in [2.45, 2.75) is 11.4 Å². The molecule has 0 N–H and O–H groups in total. The minimum atomic E-state index is -3.61. The topological polar surface area (TPSA) is 76.7 Å². The Kier molecular flexibility index (Phi) is 4.20. The van der Waals surface area contributed by atoms with E-state index in [2.05, 4.69) is 4.98 Å². The Balaban J connectivity index is 2.01. The fraction of sp³-hybridized carbons (Fsp3) is 0.200. The highest BCUT2D eigenvalue weighted by molar-refractivity contribution is 7.89. The van der Waals surface area contributed by atoms with Crippen molar-refractivity contribution in [2.24, 2.45) is 0 Å². The first kappa shape index (κ1) is 16.7. The number of hydrogen-bond acceptors (Lipinski definition) is 4. The highest BCUT2D eigenvalue weighted by Crippen LogP contribution is 2.14. The Morgan fingerprint density at radius 1 is 1.12 bits per heavy atom. The molecule has 0 aliphatic heterocycles. The third-order valence-corrected chi connectivity index (χ3v) is 5.55. The molecule has 7 nitrogen and oxygen atoms in total. The molecular formula is C15H15ClN4O3S. The van der Waals surface area contributed by atoms with Gasteiger partial charge < -0.3 is 8.97 Å². The van der Waals surface area contributed by atoms with Crippen molar-refractivity contribution in [3.8, 4) is 0 Å². The summed E-state index contributed by atoms with van der Waals surface area (Å²) in [7, 11) is -0.726. The van der Waals surface area contributed by atoms with Crippen LogP contribution < -0.4 is 5.56 Å². The zero-order chi connectivity index (χ0) is 17.5. The van der Waals surface area contributed by atoms with Crippen LogP contribution in [0.5, 0.6) is 0 Å². The Morgan fingerprint density at radius 2 is 1.88 bits per heavy atom. The molecule has 9 heteroatoms. The first-order chi connectivity index (χ1) is 11.3. The average molecular weight is 367 g/mol. The van der Waals surface area contributed by atoms with Crippen LogP contribution in [0, 0.1) is 0 Å². The first-order valence-corrected chi connectivity index (χ1v) is 8.85. The average Bonchev–Trinajstić information content (AvgIpc) is 2.90. The van der Waals surface area contributed by atoms with Crippen molar-refractivity contribution >= 4 is 27.3 Å². The van der Waals surface area contributed by atoms with Crippen LogP contribution in [0.4, 0.5) is 0 Å². The zero-order valence-electron chi connectivity index (χ0n) is 13.0. The second-order valence-corrected chi connectivity index (χ2v) is 8.05. The monoisotopic (exact) mass is 366 g/mol. The predicted octanol–water partition coefficient (Wildman–Crippen LogP) is 1.45. The molecule has 24 heavy (non-hydrogen) atoms. The molecule has 0 atom stereocenters. The van der Waals surface area contributed by atoms with Crippen LogP contribution in [-0.2, 0) is 16.6 Å². The lowest BCUT2D eigenvalue weighted by Gasteiger charge is -2.12. The van der Waals surface area contributed by atoms with Crippen LogP contribution >= 0.6 is 11.6 Å². The molecule has 0 saturated heterocycles. The number of nitrogens with zero attached hydrogens (tertiary/aromatic N) is 4. The SMILES string of the molecule is CN(C)S(=O)(=O)c1ccc(=O)n(Cc2cn3cc(Cl)ccc3n2)c1. The van der Waals surface area contributed by atoms with Crippen LogP contribution in [0.15, 0.2) is 52.5 Å². The summed E-state index contributed by atoms with van der Waals surface area (Å²) in [5.74, 6) is 0. The first-order valence-electron chi connectivity index (χ1n) is 7.03. The van der Waals surface area contributed by atoms with Gasteiger partial charge in [0.1, 0.15) is 5.65 Å². The lowest BCUT2D eigenvalue weighted by Crippen LogP contribution is -2.26. The van der Waals surface area contributed by atoms with Crippen LogP contribution in [0.1, 0.15) is 5.69 Å². The summed E-state index contributed by atoms with van der Waals surface area (Å²) in [6.07, 6.45) is 4.79. The summed E-state index contributed by atoms with van der Waals surface area (Å²) < 4.78 is 28.6. The standard InChI is InChI=1S/C15H15ClN4O3S/c1-18(2)24(22,23)13-4-6-15(21)20(10-13)9-12-8-19-7-11(16)3-5-14(19)17-12/h3-8,10H,9H2,1-2H3. The molecule has 0 aliphatic carbocycles. The number of halogens is 1. The van der Waals surface area contributed by atoms with E-state index in [1.54, 1.807) is 28.9 Å². The molecule has 0 bridgehead atoms. The molecule has 0 amide bonds. The molecule has 0 aliphatic rings. The zero-order valence-corrected chi connectivity index (χ0v) is 14.6. The van der Waals surface area contributed by atoms with Crippen molar-refractivity contribution in [2.75, 3.05) is 14.1 Å². The van der Waals surface area contributed by atoms with Gasteiger partial charge in [0.15, 0.2) is 0 Å². The van der Waals surface area contributed by atoms with Gasteiger partial charge in [-0.15, -0.1) is 0 Å². The van der Waals surface area contributed by atoms with E-state index in [9.17, 15) is 13.2 Å². The fourth-order valence-corrected chi connectivity index (χ4v) is 3.35. The molecule has 3 aromatic rings. The van der Waals surface area contributed by atoms with Crippen molar-refractivity contribution in [3.05, 3.63) is 63.9 Å². The number of pyridine rings is 2. The van der Waals surface area contributed by atoms with Crippen LogP contribution in [0.3, 0.4) is 0 Å². The van der Waals surface area contributed by atoms with Crippen molar-refractivity contribution in [1.29, 1.82) is 0 Å². The number of sulfonamides is 1. The highest BCUT2D eigenvalue weighted by Gasteiger charge is 2.18. The highest BCUT2D eigenvalue weighted by atomic mass is 35.5. The smallest absolute Gasteiger partial charge is 0.250 e. The summed E-state index contributed by atoms with van der Waals surface area (Å²) in [5.41, 5.74) is 1.01. The minimum Gasteiger partial charge on any atom is -0.308 e. The van der Waals surface area contributed by atoms with Gasteiger partial charge in [-0.3, -0.25) is 4.79 Å². The molecule has 3 heterocycles. The molecule has 0 unspecified atom stereocenters. The minimum absolute atomic E-state index is 0.0545. The molecule has 0 saturated carbocycles. The molecule has 0 aromatic carbocycles. The van der Waals surface area contributed by atoms with Crippen LogP contribution in [0.2, 0.25) is 5.02 Å². The van der Waals surface area contributed by atoms with Crippen molar-refractivity contribution < 1.29 is 8.42 Å². The Labute approximate surface area is 143 Å². The van der Waals surface area contributed by atoms with Crippen molar-refractivity contribution in [1.82, 2.24) is 18.3 Å². The Bertz CT molecular complexity index is 1070. The van der Waals surface area contributed by atoms with E-state index in [4.69, 9.17) is 11.6 Å². The van der Waals surface area contributed by atoms with E-state index in [1.165, 1.54) is 37.0 Å². The third kappa shape index (κ3) is 3.08. The van der Waals surface area contributed by atoms with Gasteiger partial charge in [0.2, 0.25) is 10.0 Å². The van der Waals surface area contributed by atoms with E-state index in [0.29, 0.717) is 16.4 Å². The molecule has 0 fully saturated rings. The summed E-state index contributed by atoms with van der Waals surface area (Å²) >= 11 is 5.94. The lowest BCUT2D eigenvalue weighted by molar-refractivity contribution is 0.519. The van der Waals surface area contributed by atoms with E-state index in [-0.39, 0.29) is 17.0 Å². The molecule has 3 aromatic heterocycles. The largest absolute Gasteiger partial charge is 0.308 e. The van der Waals surface area contributed by atoms with E-state index < -0.39 is 10.0 Å². The summed E-state index contributed by atoms with van der Waals surface area (Å²) in [5, 5.41) is 0.572. The number of hydrogen-bond donors (Lipinski definition) is 0. The van der Waals surface area contributed by atoms with Gasteiger partial charge in [0.25, 0.3) is 5.56 Å². The van der Waals surface area contributed by atoms with Gasteiger partial charge in [0.05, 0.1) is 22.2 Å². The molecule has 126 valence electrons. The van der Waals surface area contributed by atoms with Crippen molar-refractivity contribution in [3.63, 3.8) is 0 Å². The van der Waals surface area contributed by atoms with Gasteiger partial charge in [-0.1, -0.05) is 11.6 Å². The van der Waals surface area contributed by atoms with Crippen LogP contribution in [0.25, 0.3) is 5.65 Å². The maximum atomic E-state index is 12.2. The Hall–Kier alpha value is -2.16. The maximum Gasteiger partial charge on any atom is 0.250 e. The molecular weight excluding hydrogens is 352 g/mol. The summed E-state index contributed by atoms with van der Waals surface area (Å²) in [4.78, 5) is 16.5. The second-order valence-electron chi connectivity index (χ2n) is 5.46. The van der Waals surface area contributed by atoms with Gasteiger partial charge in [-0.2, -0.15) is 0 Å². The van der Waals surface area contributed by atoms with Gasteiger partial charge >= 0.3 is 0 Å². The number of aromatic nitrogens is 3. The summed E-state index contributed by atoms with van der Waals surface area (Å²) in [6, 6.07) is 6.03. The second kappa shape index (κ2) is 6.04. The van der Waals surface area contributed by atoms with E-state index >= 15 is 0 Å². The number of rotatable bonds is 4. The molecule has 0 spiro atoms. The molecule has 0 radical (unpaired) electrons. The predicted molar refractivity (Wildman–Crippen MR) is 90.9 cm³/mol. The van der Waals surface area contributed by atoms with E-state index in [0.717, 1.165) is 4.31 Å². The molecule has 3 rings (SSSR count). The third-order valence-electron chi connectivity index (χ3n) is 3.53. The summed E-state index contributed by atoms with van der Waals surface area (Å²) in [6.45, 7) is 0.162. The maximum absolute atomic E-state index is 12.2. The quantitative estimate of drug-likeness (QED) is 0.700. The van der Waals surface area contributed by atoms with E-state index in [1.807, 2.05) is 0 Å². The van der Waals surface area contributed by atoms with Crippen LogP contribution in [-0.4, -0.2) is 40.8 Å². The number of fused-ring (bicyclic) bond motifs is 1. The number of imidazole rings is 1. The van der Waals surface area contributed by atoms with Gasteiger partial charge in [-0.05, 0) is 18.2 Å². The van der Waals surface area contributed by atoms with Gasteiger partial charge in [-0.25, -0.2) is 17.7 Å². The Morgan fingerprint density at radius 3 is 2.58 bits per heavy atom.